The first-order chi connectivity index (χ1) is 12.4. The molecule has 7 heteroatoms. The summed E-state index contributed by atoms with van der Waals surface area (Å²) in [5.74, 6) is 0.212. The Morgan fingerprint density at radius 3 is 2.73 bits per heavy atom. The van der Waals surface area contributed by atoms with Gasteiger partial charge in [0.25, 0.3) is 5.91 Å². The maximum Gasteiger partial charge on any atom is 0.253 e. The lowest BCUT2D eigenvalue weighted by molar-refractivity contribution is -0.120. The average Bonchev–Trinajstić information content (AvgIpc) is 2.61. The Morgan fingerprint density at radius 1 is 1.38 bits per heavy atom. The van der Waals surface area contributed by atoms with E-state index in [2.05, 4.69) is 26.5 Å². The average molecular weight is 437 g/mol. The van der Waals surface area contributed by atoms with Crippen molar-refractivity contribution in [1.29, 1.82) is 0 Å². The van der Waals surface area contributed by atoms with E-state index in [-0.39, 0.29) is 16.9 Å². The van der Waals surface area contributed by atoms with E-state index < -0.39 is 0 Å². The van der Waals surface area contributed by atoms with Crippen LogP contribution in [-0.4, -0.2) is 29.1 Å². The number of amides is 1. The minimum atomic E-state index is -0.277. The van der Waals surface area contributed by atoms with Crippen molar-refractivity contribution in [3.63, 3.8) is 0 Å². The van der Waals surface area contributed by atoms with Crippen LogP contribution in [0.15, 0.2) is 50.9 Å². The van der Waals surface area contributed by atoms with Gasteiger partial charge >= 0.3 is 0 Å². The van der Waals surface area contributed by atoms with Crippen LogP contribution in [-0.2, 0) is 4.79 Å². The van der Waals surface area contributed by atoms with Gasteiger partial charge in [0.05, 0.1) is 22.5 Å². The fraction of sp³-hybridized carbons (Fsp3) is 0.263. The molecule has 0 unspecified atom stereocenters. The highest BCUT2D eigenvalue weighted by molar-refractivity contribution is 9.10. The molecule has 5 nitrogen and oxygen atoms in total. The number of hydrazone groups is 1. The second-order valence-electron chi connectivity index (χ2n) is 5.59. The summed E-state index contributed by atoms with van der Waals surface area (Å²) in [4.78, 5) is 13.2. The van der Waals surface area contributed by atoms with E-state index in [0.717, 1.165) is 4.90 Å². The van der Waals surface area contributed by atoms with Crippen LogP contribution >= 0.6 is 27.7 Å². The first kappa shape index (κ1) is 20.3. The molecule has 0 heterocycles. The molecule has 0 saturated carbocycles. The van der Waals surface area contributed by atoms with Crippen LogP contribution in [0, 0.1) is 6.92 Å². The Bertz CT molecular complexity index is 794. The van der Waals surface area contributed by atoms with Crippen molar-refractivity contribution < 1.29 is 14.6 Å². The number of aromatic hydroxyl groups is 1. The number of aryl methyl sites for hydroxylation is 1. The molecule has 0 aromatic heterocycles. The van der Waals surface area contributed by atoms with E-state index in [1.807, 2.05) is 45.0 Å². The van der Waals surface area contributed by atoms with Crippen molar-refractivity contribution in [3.8, 4) is 11.5 Å². The molecule has 2 aromatic carbocycles. The summed E-state index contributed by atoms with van der Waals surface area (Å²) in [6, 6.07) is 11.4. The largest absolute Gasteiger partial charge is 0.503 e. The SMILES string of the molecule is CCOc1cc(/C=N\NC(=O)[C@@H](C)Sc2ccc(C)cc2)cc(Br)c1O. The number of ether oxygens (including phenoxy) is 1. The van der Waals surface area contributed by atoms with E-state index in [0.29, 0.717) is 22.4 Å². The molecule has 1 amide bonds. The van der Waals surface area contributed by atoms with Gasteiger partial charge in [0.2, 0.25) is 0 Å². The highest BCUT2D eigenvalue weighted by Crippen LogP contribution is 2.35. The smallest absolute Gasteiger partial charge is 0.253 e. The number of phenolic OH excluding ortho intramolecular Hbond substituents is 1. The number of nitrogens with one attached hydrogen (secondary N) is 1. The maximum atomic E-state index is 12.2. The third-order valence-electron chi connectivity index (χ3n) is 3.44. The molecule has 0 aliphatic heterocycles. The van der Waals surface area contributed by atoms with Gasteiger partial charge in [-0.1, -0.05) is 17.7 Å². The van der Waals surface area contributed by atoms with E-state index in [9.17, 15) is 9.90 Å². The Hall–Kier alpha value is -1.99. The molecule has 0 fully saturated rings. The molecule has 0 radical (unpaired) electrons. The van der Waals surface area contributed by atoms with Crippen LogP contribution in [0.25, 0.3) is 0 Å². The van der Waals surface area contributed by atoms with Gasteiger partial charge in [0.15, 0.2) is 11.5 Å². The highest BCUT2D eigenvalue weighted by atomic mass is 79.9. The second-order valence-corrected chi connectivity index (χ2v) is 7.86. The molecule has 2 aromatic rings. The van der Waals surface area contributed by atoms with Gasteiger partial charge < -0.3 is 9.84 Å². The number of thioether (sulfide) groups is 1. The molecule has 0 aliphatic carbocycles. The van der Waals surface area contributed by atoms with Gasteiger partial charge in [0.1, 0.15) is 0 Å². The first-order valence-corrected chi connectivity index (χ1v) is 9.79. The fourth-order valence-corrected chi connectivity index (χ4v) is 3.39. The normalized spacial score (nSPS) is 12.2. The Balaban J connectivity index is 1.96. The monoisotopic (exact) mass is 436 g/mol. The zero-order valence-electron chi connectivity index (χ0n) is 14.8. The molecule has 0 saturated heterocycles. The summed E-state index contributed by atoms with van der Waals surface area (Å²) in [5, 5.41) is 13.6. The van der Waals surface area contributed by atoms with Crippen LogP contribution < -0.4 is 10.2 Å². The molecule has 2 N–H and O–H groups in total. The predicted octanol–water partition coefficient (Wildman–Crippen LogP) is 4.49. The van der Waals surface area contributed by atoms with Crippen molar-refractivity contribution in [2.24, 2.45) is 5.10 Å². The van der Waals surface area contributed by atoms with Gasteiger partial charge in [-0.3, -0.25) is 4.79 Å². The summed E-state index contributed by atoms with van der Waals surface area (Å²) < 4.78 is 5.87. The summed E-state index contributed by atoms with van der Waals surface area (Å²) >= 11 is 4.74. The first-order valence-electron chi connectivity index (χ1n) is 8.12. The highest BCUT2D eigenvalue weighted by Gasteiger charge is 2.13. The number of rotatable bonds is 7. The summed E-state index contributed by atoms with van der Waals surface area (Å²) in [5.41, 5.74) is 4.41. The summed E-state index contributed by atoms with van der Waals surface area (Å²) in [6.45, 7) is 6.13. The molecular formula is C19H21BrN2O3S. The number of nitrogens with zero attached hydrogens (tertiary/aromatic N) is 1. The molecule has 138 valence electrons. The maximum absolute atomic E-state index is 12.2. The predicted molar refractivity (Wildman–Crippen MR) is 109 cm³/mol. The third-order valence-corrected chi connectivity index (χ3v) is 5.16. The van der Waals surface area contributed by atoms with E-state index in [4.69, 9.17) is 4.74 Å². The zero-order chi connectivity index (χ0) is 19.1. The standard InChI is InChI=1S/C19H21BrN2O3S/c1-4-25-17-10-14(9-16(20)18(17)23)11-21-22-19(24)13(3)26-15-7-5-12(2)6-8-15/h5-11,13,23H,4H2,1-3H3,(H,22,24)/b21-11-/t13-/m1/s1. The molecule has 26 heavy (non-hydrogen) atoms. The molecular weight excluding hydrogens is 416 g/mol. The van der Waals surface area contributed by atoms with Gasteiger partial charge in [-0.15, -0.1) is 11.8 Å². The fourth-order valence-electron chi connectivity index (χ4n) is 2.07. The van der Waals surface area contributed by atoms with Gasteiger partial charge in [-0.2, -0.15) is 5.10 Å². The van der Waals surface area contributed by atoms with E-state index >= 15 is 0 Å². The molecule has 2 rings (SSSR count). The van der Waals surface area contributed by atoms with Gasteiger partial charge in [-0.25, -0.2) is 5.43 Å². The van der Waals surface area contributed by atoms with Crippen molar-refractivity contribution in [3.05, 3.63) is 52.0 Å². The van der Waals surface area contributed by atoms with Gasteiger partial charge in [0, 0.05) is 4.90 Å². The van der Waals surface area contributed by atoms with Gasteiger partial charge in [-0.05, 0) is 66.5 Å². The number of carbonyl (C=O) groups is 1. The molecule has 0 bridgehead atoms. The summed E-state index contributed by atoms with van der Waals surface area (Å²) in [6.07, 6.45) is 1.51. The van der Waals surface area contributed by atoms with Crippen LogP contribution in [0.3, 0.4) is 0 Å². The van der Waals surface area contributed by atoms with Crippen molar-refractivity contribution >= 4 is 39.8 Å². The van der Waals surface area contributed by atoms with Crippen molar-refractivity contribution in [2.75, 3.05) is 6.61 Å². The second kappa shape index (κ2) is 9.64. The van der Waals surface area contributed by atoms with Crippen LogP contribution in [0.4, 0.5) is 0 Å². The quantitative estimate of drug-likeness (QED) is 0.380. The molecule has 1 atom stereocenters. The number of hydrogen-bond acceptors (Lipinski definition) is 5. The number of carbonyl (C=O) groups excluding carboxylic acids is 1. The number of hydrogen-bond donors (Lipinski definition) is 2. The lowest BCUT2D eigenvalue weighted by Crippen LogP contribution is -2.26. The van der Waals surface area contributed by atoms with Crippen LogP contribution in [0.5, 0.6) is 11.5 Å². The zero-order valence-corrected chi connectivity index (χ0v) is 17.2. The Labute approximate surface area is 166 Å². The number of halogens is 1. The van der Waals surface area contributed by atoms with E-state index in [1.54, 1.807) is 12.1 Å². The number of benzene rings is 2. The summed E-state index contributed by atoms with van der Waals surface area (Å²) in [7, 11) is 0. The Kier molecular flexibility index (Phi) is 7.53. The van der Waals surface area contributed by atoms with Crippen LogP contribution in [0.2, 0.25) is 0 Å². The minimum Gasteiger partial charge on any atom is -0.503 e. The molecule has 0 aliphatic rings. The molecule has 0 spiro atoms. The lowest BCUT2D eigenvalue weighted by atomic mass is 10.2. The van der Waals surface area contributed by atoms with Crippen molar-refractivity contribution in [2.45, 2.75) is 30.9 Å². The van der Waals surface area contributed by atoms with Crippen molar-refractivity contribution in [1.82, 2.24) is 5.43 Å². The number of phenols is 1. The van der Waals surface area contributed by atoms with Crippen LogP contribution in [0.1, 0.15) is 25.0 Å². The van der Waals surface area contributed by atoms with E-state index in [1.165, 1.54) is 23.5 Å². The third kappa shape index (κ3) is 5.78. The topological polar surface area (TPSA) is 70.9 Å². The lowest BCUT2D eigenvalue weighted by Gasteiger charge is -2.10. The minimum absolute atomic E-state index is 0.0381. The Morgan fingerprint density at radius 2 is 2.08 bits per heavy atom.